The van der Waals surface area contributed by atoms with E-state index in [1.54, 1.807) is 42.5 Å². The summed E-state index contributed by atoms with van der Waals surface area (Å²) in [5, 5.41) is 0. The molecule has 0 amide bonds. The Balaban J connectivity index is 2.13. The Kier molecular flexibility index (Phi) is 6.78. The maximum absolute atomic E-state index is 12.5. The smallest absolute Gasteiger partial charge is 0.343 e. The second kappa shape index (κ2) is 9.04. The molecule has 0 radical (unpaired) electrons. The summed E-state index contributed by atoms with van der Waals surface area (Å²) in [5.74, 6) is 0.0344. The molecule has 0 unspecified atom stereocenters. The predicted molar refractivity (Wildman–Crippen MR) is 98.7 cm³/mol. The van der Waals surface area contributed by atoms with Crippen LogP contribution in [0.1, 0.15) is 48.4 Å². The van der Waals surface area contributed by atoms with Crippen molar-refractivity contribution in [2.24, 2.45) is 5.92 Å². The fraction of sp³-hybridized carbons (Fsp3) is 0.333. The quantitative estimate of drug-likeness (QED) is 0.540. The molecule has 0 N–H and O–H groups in total. The number of hydrogen-bond acceptors (Lipinski definition) is 5. The summed E-state index contributed by atoms with van der Waals surface area (Å²) >= 11 is 0. The van der Waals surface area contributed by atoms with Gasteiger partial charge in [0.25, 0.3) is 0 Å². The lowest BCUT2D eigenvalue weighted by atomic mass is 10.1. The Labute approximate surface area is 153 Å². The minimum atomic E-state index is -0.566. The van der Waals surface area contributed by atoms with E-state index < -0.39 is 11.9 Å². The van der Waals surface area contributed by atoms with Gasteiger partial charge in [0.05, 0.1) is 23.8 Å². The summed E-state index contributed by atoms with van der Waals surface area (Å²) in [4.78, 5) is 24.5. The normalized spacial score (nSPS) is 10.7. The van der Waals surface area contributed by atoms with Crippen molar-refractivity contribution in [1.82, 2.24) is 0 Å². The molecule has 5 nitrogen and oxygen atoms in total. The Morgan fingerprint density at radius 3 is 2.08 bits per heavy atom. The molecule has 0 aliphatic carbocycles. The number of rotatable bonds is 7. The molecule has 0 fully saturated rings. The highest BCUT2D eigenvalue weighted by molar-refractivity contribution is 5.96. The van der Waals surface area contributed by atoms with E-state index in [9.17, 15) is 9.59 Å². The van der Waals surface area contributed by atoms with Gasteiger partial charge in [-0.3, -0.25) is 0 Å². The number of hydrogen-bond donors (Lipinski definition) is 0. The van der Waals surface area contributed by atoms with Crippen molar-refractivity contribution in [3.63, 3.8) is 0 Å². The third-order valence-electron chi connectivity index (χ3n) is 3.30. The van der Waals surface area contributed by atoms with Gasteiger partial charge in [-0.2, -0.15) is 0 Å². The topological polar surface area (TPSA) is 61.8 Å². The summed E-state index contributed by atoms with van der Waals surface area (Å²) in [6.07, 6.45) is -0.0473. The highest BCUT2D eigenvalue weighted by atomic mass is 16.6. The van der Waals surface area contributed by atoms with Gasteiger partial charge in [-0.05, 0) is 50.1 Å². The van der Waals surface area contributed by atoms with Crippen molar-refractivity contribution in [3.05, 3.63) is 59.7 Å². The Hall–Kier alpha value is -2.82. The van der Waals surface area contributed by atoms with Crippen LogP contribution in [-0.4, -0.2) is 24.6 Å². The minimum absolute atomic E-state index is 0.0473. The van der Waals surface area contributed by atoms with Gasteiger partial charge in [-0.15, -0.1) is 0 Å². The van der Waals surface area contributed by atoms with Gasteiger partial charge in [0.2, 0.25) is 0 Å². The third kappa shape index (κ3) is 5.62. The zero-order chi connectivity index (χ0) is 19.1. The lowest BCUT2D eigenvalue weighted by Gasteiger charge is -2.14. The maximum atomic E-state index is 12.5. The zero-order valence-electron chi connectivity index (χ0n) is 15.5. The summed E-state index contributed by atoms with van der Waals surface area (Å²) in [6, 6.07) is 13.3. The third-order valence-corrected chi connectivity index (χ3v) is 3.30. The lowest BCUT2D eigenvalue weighted by molar-refractivity contribution is 0.0459. The largest absolute Gasteiger partial charge is 0.487 e. The van der Waals surface area contributed by atoms with E-state index in [1.165, 1.54) is 6.07 Å². The first-order chi connectivity index (χ1) is 12.4. The van der Waals surface area contributed by atoms with Gasteiger partial charge in [0.1, 0.15) is 0 Å². The maximum Gasteiger partial charge on any atom is 0.343 e. The molecule has 26 heavy (non-hydrogen) atoms. The molecule has 0 heterocycles. The van der Waals surface area contributed by atoms with Gasteiger partial charge < -0.3 is 14.2 Å². The molecule has 5 heteroatoms. The van der Waals surface area contributed by atoms with Crippen molar-refractivity contribution in [1.29, 1.82) is 0 Å². The van der Waals surface area contributed by atoms with Crippen LogP contribution in [0.4, 0.5) is 0 Å². The number of ether oxygens (including phenoxy) is 3. The van der Waals surface area contributed by atoms with E-state index >= 15 is 0 Å². The minimum Gasteiger partial charge on any atom is -0.487 e. The van der Waals surface area contributed by atoms with Gasteiger partial charge in [0.15, 0.2) is 11.5 Å². The molecule has 2 aromatic rings. The van der Waals surface area contributed by atoms with Crippen molar-refractivity contribution in [2.45, 2.75) is 33.8 Å². The van der Waals surface area contributed by atoms with Crippen LogP contribution in [0.15, 0.2) is 48.5 Å². The lowest BCUT2D eigenvalue weighted by Crippen LogP contribution is -2.14. The molecule has 138 valence electrons. The van der Waals surface area contributed by atoms with Gasteiger partial charge >= 0.3 is 11.9 Å². The van der Waals surface area contributed by atoms with E-state index in [4.69, 9.17) is 14.2 Å². The number of para-hydroxylation sites is 2. The van der Waals surface area contributed by atoms with Gasteiger partial charge in [0, 0.05) is 0 Å². The van der Waals surface area contributed by atoms with Crippen molar-refractivity contribution in [2.75, 3.05) is 6.61 Å². The molecule has 0 aliphatic rings. The summed E-state index contributed by atoms with van der Waals surface area (Å²) in [7, 11) is 0. The molecule has 0 saturated carbocycles. The molecular formula is C21H24O5. The Morgan fingerprint density at radius 2 is 1.46 bits per heavy atom. The molecule has 0 bridgehead atoms. The molecular weight excluding hydrogens is 332 g/mol. The van der Waals surface area contributed by atoms with Crippen molar-refractivity contribution < 1.29 is 23.8 Å². The predicted octanol–water partition coefficient (Wildman–Crippen LogP) is 4.51. The molecule has 2 aromatic carbocycles. The number of carbonyl (C=O) groups is 2. The van der Waals surface area contributed by atoms with Crippen molar-refractivity contribution >= 4 is 11.9 Å². The monoisotopic (exact) mass is 356 g/mol. The van der Waals surface area contributed by atoms with Gasteiger partial charge in [-0.1, -0.05) is 32.0 Å². The SMILES string of the molecule is CC(C)COC(=O)c1cccc(C(=O)Oc2ccccc2OC(C)C)c1. The fourth-order valence-electron chi connectivity index (χ4n) is 2.14. The average molecular weight is 356 g/mol. The average Bonchev–Trinajstić information content (AvgIpc) is 2.61. The van der Waals surface area contributed by atoms with E-state index in [0.29, 0.717) is 23.7 Å². The molecule has 0 aromatic heterocycles. The zero-order valence-corrected chi connectivity index (χ0v) is 15.5. The Bertz CT molecular complexity index is 765. The van der Waals surface area contributed by atoms with Gasteiger partial charge in [-0.25, -0.2) is 9.59 Å². The summed E-state index contributed by atoms with van der Waals surface area (Å²) in [5.41, 5.74) is 0.579. The van der Waals surface area contributed by atoms with E-state index in [0.717, 1.165) is 0 Å². The number of benzene rings is 2. The number of carbonyl (C=O) groups excluding carboxylic acids is 2. The van der Waals surface area contributed by atoms with E-state index in [-0.39, 0.29) is 17.6 Å². The molecule has 0 saturated heterocycles. The first-order valence-corrected chi connectivity index (χ1v) is 8.62. The van der Waals surface area contributed by atoms with Crippen LogP contribution in [0.25, 0.3) is 0 Å². The fourth-order valence-corrected chi connectivity index (χ4v) is 2.14. The van der Waals surface area contributed by atoms with Crippen LogP contribution in [0.3, 0.4) is 0 Å². The summed E-state index contributed by atoms with van der Waals surface area (Å²) in [6.45, 7) is 8.03. The molecule has 2 rings (SSSR count). The molecule has 0 aliphatic heterocycles. The van der Waals surface area contributed by atoms with Crippen LogP contribution >= 0.6 is 0 Å². The Morgan fingerprint density at radius 1 is 0.846 bits per heavy atom. The number of esters is 2. The summed E-state index contributed by atoms with van der Waals surface area (Å²) < 4.78 is 16.3. The standard InChI is InChI=1S/C21H24O5/c1-14(2)13-24-20(22)16-8-7-9-17(12-16)21(23)26-19-11-6-5-10-18(19)25-15(3)4/h5-12,14-15H,13H2,1-4H3. The first-order valence-electron chi connectivity index (χ1n) is 8.62. The first kappa shape index (κ1) is 19.5. The van der Waals surface area contributed by atoms with Crippen LogP contribution in [0.5, 0.6) is 11.5 Å². The van der Waals surface area contributed by atoms with Crippen LogP contribution in [0.2, 0.25) is 0 Å². The van der Waals surface area contributed by atoms with Crippen LogP contribution < -0.4 is 9.47 Å². The highest BCUT2D eigenvalue weighted by Gasteiger charge is 2.16. The van der Waals surface area contributed by atoms with Crippen molar-refractivity contribution in [3.8, 4) is 11.5 Å². The second-order valence-corrected chi connectivity index (χ2v) is 6.58. The molecule has 0 spiro atoms. The highest BCUT2D eigenvalue weighted by Crippen LogP contribution is 2.28. The van der Waals surface area contributed by atoms with E-state index in [2.05, 4.69) is 0 Å². The second-order valence-electron chi connectivity index (χ2n) is 6.58. The van der Waals surface area contributed by atoms with E-state index in [1.807, 2.05) is 27.7 Å². The molecule has 0 atom stereocenters. The van der Waals surface area contributed by atoms with Crippen LogP contribution in [-0.2, 0) is 4.74 Å². The van der Waals surface area contributed by atoms with Crippen LogP contribution in [0, 0.1) is 5.92 Å².